The summed E-state index contributed by atoms with van der Waals surface area (Å²) < 4.78 is 2.18. The molecule has 4 heteroatoms. The lowest BCUT2D eigenvalue weighted by Crippen LogP contribution is -1.98. The molecule has 0 aliphatic heterocycles. The molecule has 0 fully saturated rings. The molecule has 0 aliphatic rings. The maximum absolute atomic E-state index is 12.5. The minimum absolute atomic E-state index is 0.131. The van der Waals surface area contributed by atoms with Gasteiger partial charge in [-0.05, 0) is 45.9 Å². The summed E-state index contributed by atoms with van der Waals surface area (Å²) >= 11 is 6.65. The molecular weight excluding hydrogens is 328 g/mol. The van der Waals surface area contributed by atoms with Crippen LogP contribution in [0.5, 0.6) is 0 Å². The van der Waals surface area contributed by atoms with E-state index in [0.717, 1.165) is 30.6 Å². The molecule has 3 aromatic rings. The van der Waals surface area contributed by atoms with Crippen molar-refractivity contribution < 1.29 is 4.79 Å². The topological polar surface area (TPSA) is 17.1 Å². The van der Waals surface area contributed by atoms with Crippen molar-refractivity contribution in [3.63, 3.8) is 0 Å². The van der Waals surface area contributed by atoms with Gasteiger partial charge < -0.3 is 0 Å². The SMILES string of the molecule is Cc1ccsc1C(=O)c1csc2c(Br)cccc12. The average Bonchev–Trinajstić information content (AvgIpc) is 2.95. The largest absolute Gasteiger partial charge is 0.288 e. The number of carbonyl (C=O) groups excluding carboxylic acids is 1. The second-order valence-corrected chi connectivity index (χ2v) is 6.68. The van der Waals surface area contributed by atoms with Crippen LogP contribution < -0.4 is 0 Å². The number of aryl methyl sites for hydroxylation is 1. The van der Waals surface area contributed by atoms with Gasteiger partial charge in [0.25, 0.3) is 0 Å². The summed E-state index contributed by atoms with van der Waals surface area (Å²) in [7, 11) is 0. The summed E-state index contributed by atoms with van der Waals surface area (Å²) in [5.74, 6) is 0.131. The van der Waals surface area contributed by atoms with Crippen molar-refractivity contribution >= 4 is 54.5 Å². The van der Waals surface area contributed by atoms with Crippen LogP contribution in [0.4, 0.5) is 0 Å². The number of thiophene rings is 2. The van der Waals surface area contributed by atoms with Gasteiger partial charge in [-0.25, -0.2) is 0 Å². The number of halogens is 1. The van der Waals surface area contributed by atoms with E-state index in [-0.39, 0.29) is 5.78 Å². The van der Waals surface area contributed by atoms with Crippen LogP contribution in [-0.4, -0.2) is 5.78 Å². The van der Waals surface area contributed by atoms with Crippen LogP contribution in [0, 0.1) is 6.92 Å². The van der Waals surface area contributed by atoms with E-state index in [1.807, 2.05) is 41.9 Å². The van der Waals surface area contributed by atoms with Crippen molar-refractivity contribution in [2.45, 2.75) is 6.92 Å². The molecule has 0 spiro atoms. The van der Waals surface area contributed by atoms with Crippen molar-refractivity contribution in [2.24, 2.45) is 0 Å². The average molecular weight is 337 g/mol. The first-order valence-electron chi connectivity index (χ1n) is 5.43. The summed E-state index contributed by atoms with van der Waals surface area (Å²) in [6.07, 6.45) is 0. The third kappa shape index (κ3) is 1.85. The van der Waals surface area contributed by atoms with Gasteiger partial charge >= 0.3 is 0 Å². The van der Waals surface area contributed by atoms with Crippen LogP contribution in [0.2, 0.25) is 0 Å². The Kier molecular flexibility index (Phi) is 3.09. The van der Waals surface area contributed by atoms with Crippen LogP contribution in [0.3, 0.4) is 0 Å². The summed E-state index contributed by atoms with van der Waals surface area (Å²) in [6, 6.07) is 7.97. The van der Waals surface area contributed by atoms with E-state index in [0.29, 0.717) is 0 Å². The van der Waals surface area contributed by atoms with Gasteiger partial charge in [0, 0.05) is 25.5 Å². The summed E-state index contributed by atoms with van der Waals surface area (Å²) in [6.45, 7) is 1.98. The highest BCUT2D eigenvalue weighted by atomic mass is 79.9. The lowest BCUT2D eigenvalue weighted by Gasteiger charge is -1.99. The van der Waals surface area contributed by atoms with E-state index in [1.165, 1.54) is 11.3 Å². The highest BCUT2D eigenvalue weighted by Gasteiger charge is 2.17. The number of fused-ring (bicyclic) bond motifs is 1. The summed E-state index contributed by atoms with van der Waals surface area (Å²) in [5, 5.41) is 4.96. The molecule has 0 bridgehead atoms. The second kappa shape index (κ2) is 4.61. The van der Waals surface area contributed by atoms with Crippen LogP contribution in [0.25, 0.3) is 10.1 Å². The molecule has 0 radical (unpaired) electrons. The Bertz CT molecular complexity index is 739. The van der Waals surface area contributed by atoms with Gasteiger partial charge in [0.05, 0.1) is 4.88 Å². The van der Waals surface area contributed by atoms with E-state index in [2.05, 4.69) is 15.9 Å². The highest BCUT2D eigenvalue weighted by molar-refractivity contribution is 9.10. The molecule has 3 rings (SSSR count). The lowest BCUT2D eigenvalue weighted by molar-refractivity contribution is 0.104. The van der Waals surface area contributed by atoms with Gasteiger partial charge in [-0.1, -0.05) is 12.1 Å². The van der Waals surface area contributed by atoms with E-state index in [4.69, 9.17) is 0 Å². The van der Waals surface area contributed by atoms with Crippen molar-refractivity contribution in [3.05, 3.63) is 55.5 Å². The molecule has 90 valence electrons. The maximum atomic E-state index is 12.5. The van der Waals surface area contributed by atoms with Crippen LogP contribution in [-0.2, 0) is 0 Å². The quantitative estimate of drug-likeness (QED) is 0.583. The molecule has 0 saturated carbocycles. The van der Waals surface area contributed by atoms with Crippen molar-refractivity contribution in [2.75, 3.05) is 0 Å². The van der Waals surface area contributed by atoms with E-state index >= 15 is 0 Å². The van der Waals surface area contributed by atoms with Crippen molar-refractivity contribution in [1.29, 1.82) is 0 Å². The Morgan fingerprint density at radius 2 is 2.06 bits per heavy atom. The Balaban J connectivity index is 2.19. The van der Waals surface area contributed by atoms with Crippen LogP contribution in [0.15, 0.2) is 39.5 Å². The Hall–Kier alpha value is -0.970. The minimum Gasteiger partial charge on any atom is -0.288 e. The number of benzene rings is 1. The molecule has 0 atom stereocenters. The number of rotatable bonds is 2. The molecule has 0 N–H and O–H groups in total. The number of hydrogen-bond acceptors (Lipinski definition) is 3. The van der Waals surface area contributed by atoms with E-state index in [9.17, 15) is 4.79 Å². The molecule has 1 nitrogen and oxygen atoms in total. The molecule has 0 saturated heterocycles. The monoisotopic (exact) mass is 336 g/mol. The summed E-state index contributed by atoms with van der Waals surface area (Å²) in [4.78, 5) is 13.4. The summed E-state index contributed by atoms with van der Waals surface area (Å²) in [5.41, 5.74) is 1.86. The first-order valence-corrected chi connectivity index (χ1v) is 7.98. The molecule has 18 heavy (non-hydrogen) atoms. The normalized spacial score (nSPS) is 11.0. The third-order valence-electron chi connectivity index (χ3n) is 2.86. The number of carbonyl (C=O) groups is 1. The van der Waals surface area contributed by atoms with Crippen LogP contribution in [0.1, 0.15) is 20.8 Å². The van der Waals surface area contributed by atoms with Crippen LogP contribution >= 0.6 is 38.6 Å². The third-order valence-corrected chi connectivity index (χ3v) is 5.83. The molecule has 2 heterocycles. The Labute approximate surface area is 121 Å². The fraction of sp³-hybridized carbons (Fsp3) is 0.0714. The number of hydrogen-bond donors (Lipinski definition) is 0. The smallest absolute Gasteiger partial charge is 0.204 e. The zero-order valence-electron chi connectivity index (χ0n) is 9.57. The van der Waals surface area contributed by atoms with E-state index in [1.54, 1.807) is 11.3 Å². The molecule has 0 aliphatic carbocycles. The van der Waals surface area contributed by atoms with Gasteiger partial charge in [0.1, 0.15) is 0 Å². The van der Waals surface area contributed by atoms with Crippen molar-refractivity contribution in [1.82, 2.24) is 0 Å². The predicted octanol–water partition coefficient (Wildman–Crippen LogP) is 5.26. The standard InChI is InChI=1S/C14H9BrOS2/c1-8-5-6-17-13(8)12(16)10-7-18-14-9(10)3-2-4-11(14)15/h2-7H,1H3. The zero-order valence-corrected chi connectivity index (χ0v) is 12.8. The Morgan fingerprint density at radius 3 is 2.78 bits per heavy atom. The molecule has 2 aromatic heterocycles. The van der Waals surface area contributed by atoms with Gasteiger partial charge in [0.15, 0.2) is 0 Å². The predicted molar refractivity (Wildman–Crippen MR) is 82.0 cm³/mol. The first kappa shape index (κ1) is 12.1. The molecule has 0 unspecified atom stereocenters. The fourth-order valence-electron chi connectivity index (χ4n) is 1.93. The molecule has 0 amide bonds. The van der Waals surface area contributed by atoms with Gasteiger partial charge in [-0.15, -0.1) is 22.7 Å². The number of ketones is 1. The van der Waals surface area contributed by atoms with Gasteiger partial charge in [0.2, 0.25) is 5.78 Å². The van der Waals surface area contributed by atoms with Gasteiger partial charge in [-0.3, -0.25) is 4.79 Å². The lowest BCUT2D eigenvalue weighted by atomic mass is 10.1. The molecule has 1 aromatic carbocycles. The maximum Gasteiger partial charge on any atom is 0.204 e. The van der Waals surface area contributed by atoms with Gasteiger partial charge in [-0.2, -0.15) is 0 Å². The van der Waals surface area contributed by atoms with E-state index < -0.39 is 0 Å². The Morgan fingerprint density at radius 1 is 1.22 bits per heavy atom. The first-order chi connectivity index (χ1) is 8.68. The highest BCUT2D eigenvalue weighted by Crippen LogP contribution is 2.34. The second-order valence-electron chi connectivity index (χ2n) is 4.03. The minimum atomic E-state index is 0.131. The van der Waals surface area contributed by atoms with Crippen molar-refractivity contribution in [3.8, 4) is 0 Å². The molecular formula is C14H9BrOS2. The fourth-order valence-corrected chi connectivity index (χ4v) is 4.41. The zero-order chi connectivity index (χ0) is 12.7.